The van der Waals surface area contributed by atoms with E-state index in [4.69, 9.17) is 4.42 Å². The lowest BCUT2D eigenvalue weighted by atomic mass is 10.1. The average Bonchev–Trinajstić information content (AvgIpc) is 2.87. The molecule has 0 bridgehead atoms. The van der Waals surface area contributed by atoms with E-state index in [1.807, 2.05) is 30.5 Å². The quantitative estimate of drug-likeness (QED) is 0.841. The maximum atomic E-state index is 10.0. The Morgan fingerprint density at radius 2 is 2.36 bits per heavy atom. The third-order valence-electron chi connectivity index (χ3n) is 2.21. The van der Waals surface area contributed by atoms with Gasteiger partial charge in [-0.2, -0.15) is 0 Å². The number of aliphatic hydroxyl groups excluding tert-OH is 1. The van der Waals surface area contributed by atoms with Crippen LogP contribution in [0.5, 0.6) is 0 Å². The van der Waals surface area contributed by atoms with Crippen LogP contribution in [0.2, 0.25) is 0 Å². The zero-order valence-electron chi connectivity index (χ0n) is 7.93. The first-order valence-electron chi connectivity index (χ1n) is 4.60. The number of aryl methyl sites for hydroxylation is 1. The summed E-state index contributed by atoms with van der Waals surface area (Å²) >= 11 is 1.56. The van der Waals surface area contributed by atoms with Crippen LogP contribution in [0.1, 0.15) is 29.2 Å². The van der Waals surface area contributed by atoms with Gasteiger partial charge in [0.15, 0.2) is 0 Å². The van der Waals surface area contributed by atoms with Crippen LogP contribution in [0.4, 0.5) is 0 Å². The second kappa shape index (κ2) is 3.98. The molecule has 2 heterocycles. The first-order valence-corrected chi connectivity index (χ1v) is 5.48. The smallest absolute Gasteiger partial charge is 0.117 e. The molecule has 14 heavy (non-hydrogen) atoms. The molecular formula is C11H12O2S. The molecule has 3 heteroatoms. The van der Waals surface area contributed by atoms with Crippen LogP contribution in [0, 0.1) is 0 Å². The first-order chi connectivity index (χ1) is 6.83. The highest BCUT2D eigenvalue weighted by Crippen LogP contribution is 2.28. The van der Waals surface area contributed by atoms with Crippen LogP contribution >= 0.6 is 11.3 Å². The van der Waals surface area contributed by atoms with E-state index in [1.54, 1.807) is 17.6 Å². The minimum atomic E-state index is -0.538. The van der Waals surface area contributed by atoms with E-state index in [-0.39, 0.29) is 0 Å². The maximum absolute atomic E-state index is 10.0. The topological polar surface area (TPSA) is 33.4 Å². The van der Waals surface area contributed by atoms with E-state index >= 15 is 0 Å². The Bertz CT molecular complexity index is 389. The number of thiophene rings is 1. The first kappa shape index (κ1) is 9.49. The van der Waals surface area contributed by atoms with Crippen LogP contribution in [0.3, 0.4) is 0 Å². The molecule has 0 spiro atoms. The predicted molar refractivity (Wildman–Crippen MR) is 56.5 cm³/mol. The van der Waals surface area contributed by atoms with Gasteiger partial charge in [0, 0.05) is 16.9 Å². The number of rotatable bonds is 3. The van der Waals surface area contributed by atoms with Crippen LogP contribution in [-0.4, -0.2) is 5.11 Å². The molecular weight excluding hydrogens is 196 g/mol. The minimum absolute atomic E-state index is 0.538. The number of hydrogen-bond acceptors (Lipinski definition) is 3. The van der Waals surface area contributed by atoms with Crippen molar-refractivity contribution in [3.63, 3.8) is 0 Å². The molecule has 0 fully saturated rings. The molecule has 0 saturated carbocycles. The van der Waals surface area contributed by atoms with Gasteiger partial charge in [-0.1, -0.05) is 13.0 Å². The molecule has 0 amide bonds. The molecule has 0 radical (unpaired) electrons. The standard InChI is InChI=1S/C11H12O2S/c1-2-9-8(5-6-13-9)11(12)10-4-3-7-14-10/h3-7,11-12H,2H2,1H3. The molecule has 74 valence electrons. The van der Waals surface area contributed by atoms with Gasteiger partial charge >= 0.3 is 0 Å². The molecule has 0 aliphatic carbocycles. The predicted octanol–water partition coefficient (Wildman–Crippen LogP) is 2.99. The van der Waals surface area contributed by atoms with Gasteiger partial charge in [-0.25, -0.2) is 0 Å². The lowest BCUT2D eigenvalue weighted by molar-refractivity contribution is 0.221. The third-order valence-corrected chi connectivity index (χ3v) is 3.13. The van der Waals surface area contributed by atoms with Crippen molar-refractivity contribution in [3.8, 4) is 0 Å². The van der Waals surface area contributed by atoms with E-state index in [1.165, 1.54) is 0 Å². The second-order valence-electron chi connectivity index (χ2n) is 3.07. The fourth-order valence-corrected chi connectivity index (χ4v) is 2.21. The van der Waals surface area contributed by atoms with Crippen molar-refractivity contribution >= 4 is 11.3 Å². The summed E-state index contributed by atoms with van der Waals surface area (Å²) in [5, 5.41) is 12.0. The van der Waals surface area contributed by atoms with E-state index in [9.17, 15) is 5.11 Å². The lowest BCUT2D eigenvalue weighted by Gasteiger charge is -2.07. The van der Waals surface area contributed by atoms with Crippen molar-refractivity contribution in [2.24, 2.45) is 0 Å². The van der Waals surface area contributed by atoms with Crippen molar-refractivity contribution in [1.82, 2.24) is 0 Å². The van der Waals surface area contributed by atoms with Gasteiger partial charge in [-0.05, 0) is 17.5 Å². The average molecular weight is 208 g/mol. The summed E-state index contributed by atoms with van der Waals surface area (Å²) in [7, 11) is 0. The molecule has 0 aliphatic heterocycles. The summed E-state index contributed by atoms with van der Waals surface area (Å²) in [5.41, 5.74) is 0.884. The molecule has 1 atom stereocenters. The number of furan rings is 1. The van der Waals surface area contributed by atoms with E-state index in [0.717, 1.165) is 22.6 Å². The Labute approximate surface area is 86.8 Å². The molecule has 2 rings (SSSR count). The van der Waals surface area contributed by atoms with Crippen molar-refractivity contribution in [2.45, 2.75) is 19.4 Å². The molecule has 1 N–H and O–H groups in total. The fraction of sp³-hybridized carbons (Fsp3) is 0.273. The molecule has 0 aromatic carbocycles. The van der Waals surface area contributed by atoms with Gasteiger partial charge < -0.3 is 9.52 Å². The monoisotopic (exact) mass is 208 g/mol. The van der Waals surface area contributed by atoms with Crippen LogP contribution in [0.15, 0.2) is 34.3 Å². The normalized spacial score (nSPS) is 13.0. The largest absolute Gasteiger partial charge is 0.469 e. The Morgan fingerprint density at radius 3 is 3.00 bits per heavy atom. The zero-order valence-corrected chi connectivity index (χ0v) is 8.75. The van der Waals surface area contributed by atoms with E-state index in [0.29, 0.717) is 0 Å². The number of hydrogen-bond donors (Lipinski definition) is 1. The van der Waals surface area contributed by atoms with E-state index < -0.39 is 6.10 Å². The van der Waals surface area contributed by atoms with E-state index in [2.05, 4.69) is 0 Å². The van der Waals surface area contributed by atoms with Crippen LogP contribution < -0.4 is 0 Å². The Kier molecular flexibility index (Phi) is 2.70. The van der Waals surface area contributed by atoms with Gasteiger partial charge in [0.25, 0.3) is 0 Å². The molecule has 2 nitrogen and oxygen atoms in total. The van der Waals surface area contributed by atoms with Gasteiger partial charge in [-0.3, -0.25) is 0 Å². The van der Waals surface area contributed by atoms with Crippen molar-refractivity contribution in [3.05, 3.63) is 46.0 Å². The van der Waals surface area contributed by atoms with Crippen molar-refractivity contribution < 1.29 is 9.52 Å². The molecule has 1 unspecified atom stereocenters. The second-order valence-corrected chi connectivity index (χ2v) is 4.05. The van der Waals surface area contributed by atoms with Gasteiger partial charge in [0.2, 0.25) is 0 Å². The summed E-state index contributed by atoms with van der Waals surface area (Å²) in [5.74, 6) is 0.867. The summed E-state index contributed by atoms with van der Waals surface area (Å²) in [4.78, 5) is 0.959. The number of aliphatic hydroxyl groups is 1. The third kappa shape index (κ3) is 1.61. The molecule has 0 aliphatic rings. The van der Waals surface area contributed by atoms with Gasteiger partial charge in [0.1, 0.15) is 11.9 Å². The summed E-state index contributed by atoms with van der Waals surface area (Å²) < 4.78 is 5.28. The van der Waals surface area contributed by atoms with Gasteiger partial charge in [-0.15, -0.1) is 11.3 Å². The van der Waals surface area contributed by atoms with Crippen molar-refractivity contribution in [2.75, 3.05) is 0 Å². The SMILES string of the molecule is CCc1occc1C(O)c1cccs1. The summed E-state index contributed by atoms with van der Waals surface area (Å²) in [6, 6.07) is 5.71. The fourth-order valence-electron chi connectivity index (χ4n) is 1.48. The summed E-state index contributed by atoms with van der Waals surface area (Å²) in [6.07, 6.45) is 1.90. The molecule has 0 saturated heterocycles. The molecule has 2 aromatic heterocycles. The minimum Gasteiger partial charge on any atom is -0.469 e. The lowest BCUT2D eigenvalue weighted by Crippen LogP contribution is -1.98. The summed E-state index contributed by atoms with van der Waals surface area (Å²) in [6.45, 7) is 2.02. The molecule has 2 aromatic rings. The zero-order chi connectivity index (χ0) is 9.97. The Morgan fingerprint density at radius 1 is 1.50 bits per heavy atom. The highest BCUT2D eigenvalue weighted by atomic mass is 32.1. The highest BCUT2D eigenvalue weighted by molar-refractivity contribution is 7.10. The van der Waals surface area contributed by atoms with Gasteiger partial charge in [0.05, 0.1) is 6.26 Å². The Hall–Kier alpha value is -1.06. The Balaban J connectivity index is 2.31. The van der Waals surface area contributed by atoms with Crippen molar-refractivity contribution in [1.29, 1.82) is 0 Å². The highest BCUT2D eigenvalue weighted by Gasteiger charge is 2.16. The van der Waals surface area contributed by atoms with Crippen LogP contribution in [0.25, 0.3) is 0 Å². The van der Waals surface area contributed by atoms with Crippen LogP contribution in [-0.2, 0) is 6.42 Å². The maximum Gasteiger partial charge on any atom is 0.117 e.